The van der Waals surface area contributed by atoms with Crippen molar-refractivity contribution in [1.82, 2.24) is 15.2 Å². The van der Waals surface area contributed by atoms with Crippen molar-refractivity contribution in [2.24, 2.45) is 5.73 Å². The lowest BCUT2D eigenvalue weighted by Gasteiger charge is -2.28. The van der Waals surface area contributed by atoms with Crippen molar-refractivity contribution >= 4 is 29.5 Å². The minimum atomic E-state index is -0.605. The minimum Gasteiger partial charge on any atom is -0.364 e. The zero-order valence-corrected chi connectivity index (χ0v) is 17.7. The standard InChI is InChI=1S/C20H30N4O3S/c1-4-14(23-19(26)15-8-6-7-9-17(15)28-3)12-24(5-2)20(27)13-10-16(18(21)25)22-11-13/h10-11,14,22H,4-9,12H2,1-3H3,(H2,21,25)(H,23,26)/t14-/m0/s1. The summed E-state index contributed by atoms with van der Waals surface area (Å²) in [7, 11) is 0. The van der Waals surface area contributed by atoms with Crippen molar-refractivity contribution in [3.63, 3.8) is 0 Å². The average Bonchev–Trinajstić information content (AvgIpc) is 3.21. The lowest BCUT2D eigenvalue weighted by atomic mass is 9.98. The molecule has 2 rings (SSSR count). The van der Waals surface area contributed by atoms with Crippen molar-refractivity contribution in [3.05, 3.63) is 34.0 Å². The fourth-order valence-corrected chi connectivity index (χ4v) is 4.15. The molecule has 28 heavy (non-hydrogen) atoms. The highest BCUT2D eigenvalue weighted by atomic mass is 32.2. The van der Waals surface area contributed by atoms with E-state index in [-0.39, 0.29) is 23.6 Å². The van der Waals surface area contributed by atoms with Gasteiger partial charge in [-0.3, -0.25) is 14.4 Å². The molecule has 1 heterocycles. The van der Waals surface area contributed by atoms with Crippen LogP contribution in [0.15, 0.2) is 22.7 Å². The molecule has 0 radical (unpaired) electrons. The third-order valence-corrected chi connectivity index (χ3v) is 6.01. The Morgan fingerprint density at radius 1 is 1.29 bits per heavy atom. The summed E-state index contributed by atoms with van der Waals surface area (Å²) in [5.74, 6) is -0.816. The second-order valence-corrected chi connectivity index (χ2v) is 7.80. The molecule has 0 saturated heterocycles. The van der Waals surface area contributed by atoms with Gasteiger partial charge in [0.05, 0.1) is 5.56 Å². The van der Waals surface area contributed by atoms with Crippen LogP contribution in [0.1, 0.15) is 66.8 Å². The first kappa shape index (κ1) is 22.1. The number of aromatic nitrogens is 1. The van der Waals surface area contributed by atoms with E-state index in [9.17, 15) is 14.4 Å². The van der Waals surface area contributed by atoms with Crippen molar-refractivity contribution in [3.8, 4) is 0 Å². The number of nitrogens with zero attached hydrogens (tertiary/aromatic N) is 1. The topological polar surface area (TPSA) is 108 Å². The van der Waals surface area contributed by atoms with Gasteiger partial charge in [-0.25, -0.2) is 0 Å². The highest BCUT2D eigenvalue weighted by molar-refractivity contribution is 8.02. The summed E-state index contributed by atoms with van der Waals surface area (Å²) < 4.78 is 0. The summed E-state index contributed by atoms with van der Waals surface area (Å²) in [6.07, 6.45) is 8.17. The van der Waals surface area contributed by atoms with Gasteiger partial charge in [-0.1, -0.05) is 6.92 Å². The molecule has 1 aliphatic carbocycles. The molecule has 8 heteroatoms. The van der Waals surface area contributed by atoms with Crippen molar-refractivity contribution in [2.75, 3.05) is 19.3 Å². The summed E-state index contributed by atoms with van der Waals surface area (Å²) in [4.78, 5) is 42.4. The van der Waals surface area contributed by atoms with E-state index < -0.39 is 5.91 Å². The van der Waals surface area contributed by atoms with E-state index in [0.29, 0.717) is 18.7 Å². The summed E-state index contributed by atoms with van der Waals surface area (Å²) in [5.41, 5.74) is 6.72. The Morgan fingerprint density at radius 3 is 2.57 bits per heavy atom. The number of rotatable bonds is 9. The minimum absolute atomic E-state index is 0.0166. The Kier molecular flexibility index (Phi) is 8.17. The van der Waals surface area contributed by atoms with Crippen LogP contribution in [-0.2, 0) is 4.79 Å². The molecule has 0 aromatic carbocycles. The van der Waals surface area contributed by atoms with E-state index >= 15 is 0 Å². The van der Waals surface area contributed by atoms with Crippen LogP contribution in [0.2, 0.25) is 0 Å². The first-order chi connectivity index (χ1) is 13.4. The van der Waals surface area contributed by atoms with Gasteiger partial charge in [-0.15, -0.1) is 11.8 Å². The fourth-order valence-electron chi connectivity index (χ4n) is 3.36. The number of hydrogen-bond acceptors (Lipinski definition) is 4. The van der Waals surface area contributed by atoms with Crippen LogP contribution < -0.4 is 11.1 Å². The van der Waals surface area contributed by atoms with Crippen molar-refractivity contribution in [1.29, 1.82) is 0 Å². The maximum atomic E-state index is 12.8. The predicted molar refractivity (Wildman–Crippen MR) is 112 cm³/mol. The van der Waals surface area contributed by atoms with E-state index in [2.05, 4.69) is 10.3 Å². The maximum absolute atomic E-state index is 12.8. The molecule has 1 atom stereocenters. The molecule has 7 nitrogen and oxygen atoms in total. The van der Waals surface area contributed by atoms with Crippen LogP contribution in [0.5, 0.6) is 0 Å². The molecule has 1 aromatic rings. The third kappa shape index (κ3) is 5.41. The first-order valence-corrected chi connectivity index (χ1v) is 11.0. The largest absolute Gasteiger partial charge is 0.364 e. The van der Waals surface area contributed by atoms with Crippen molar-refractivity contribution in [2.45, 2.75) is 52.0 Å². The van der Waals surface area contributed by atoms with Crippen LogP contribution >= 0.6 is 11.8 Å². The number of allylic oxidation sites excluding steroid dienone is 1. The predicted octanol–water partition coefficient (Wildman–Crippen LogP) is 2.66. The molecule has 0 saturated carbocycles. The zero-order chi connectivity index (χ0) is 20.7. The number of nitrogens with two attached hydrogens (primary N) is 1. The van der Waals surface area contributed by atoms with Crippen LogP contribution in [0, 0.1) is 0 Å². The molecule has 0 bridgehead atoms. The number of carbonyl (C=O) groups excluding carboxylic acids is 3. The fraction of sp³-hybridized carbons (Fsp3) is 0.550. The summed E-state index contributed by atoms with van der Waals surface area (Å²) in [6.45, 7) is 4.80. The molecule has 0 aliphatic heterocycles. The Bertz CT molecular complexity index is 756. The molecular formula is C20H30N4O3S. The van der Waals surface area contributed by atoms with Gasteiger partial charge in [0, 0.05) is 30.9 Å². The molecule has 0 spiro atoms. The summed E-state index contributed by atoms with van der Waals surface area (Å²) >= 11 is 1.66. The number of primary amides is 1. The van der Waals surface area contributed by atoms with E-state index in [0.717, 1.165) is 37.7 Å². The van der Waals surface area contributed by atoms with Gasteiger partial charge in [0.2, 0.25) is 5.91 Å². The monoisotopic (exact) mass is 406 g/mol. The van der Waals surface area contributed by atoms with Gasteiger partial charge in [0.25, 0.3) is 11.8 Å². The Hall–Kier alpha value is -2.22. The molecule has 3 amide bonds. The van der Waals surface area contributed by atoms with Gasteiger partial charge in [0.1, 0.15) is 5.69 Å². The molecular weight excluding hydrogens is 376 g/mol. The lowest BCUT2D eigenvalue weighted by Crippen LogP contribution is -2.46. The molecule has 154 valence electrons. The van der Waals surface area contributed by atoms with E-state index in [1.165, 1.54) is 17.2 Å². The molecule has 1 aliphatic rings. The molecule has 1 aromatic heterocycles. The SMILES string of the molecule is CC[C@@H](CN(CC)C(=O)c1c[nH]c(C(N)=O)c1)NC(=O)C1=C(SC)CCCC1. The third-order valence-electron chi connectivity index (χ3n) is 5.07. The molecule has 0 fully saturated rings. The van der Waals surface area contributed by atoms with Crippen molar-refractivity contribution < 1.29 is 14.4 Å². The number of aromatic amines is 1. The maximum Gasteiger partial charge on any atom is 0.265 e. The Labute approximate surface area is 170 Å². The van der Waals surface area contributed by atoms with Gasteiger partial charge in [-0.2, -0.15) is 0 Å². The zero-order valence-electron chi connectivity index (χ0n) is 16.8. The number of likely N-dealkylation sites (N-methyl/N-ethyl adjacent to an activating group) is 1. The van der Waals surface area contributed by atoms with Crippen LogP contribution in [0.4, 0.5) is 0 Å². The highest BCUT2D eigenvalue weighted by Gasteiger charge is 2.24. The molecule has 0 unspecified atom stereocenters. The number of thioether (sulfide) groups is 1. The highest BCUT2D eigenvalue weighted by Crippen LogP contribution is 2.31. The summed E-state index contributed by atoms with van der Waals surface area (Å²) in [5, 5.41) is 3.11. The van der Waals surface area contributed by atoms with E-state index in [1.807, 2.05) is 20.1 Å². The van der Waals surface area contributed by atoms with Gasteiger partial charge in [-0.05, 0) is 56.3 Å². The normalized spacial score (nSPS) is 15.2. The van der Waals surface area contributed by atoms with Crippen LogP contribution in [-0.4, -0.2) is 53.0 Å². The number of H-pyrrole nitrogens is 1. The second-order valence-electron chi connectivity index (χ2n) is 6.90. The smallest absolute Gasteiger partial charge is 0.265 e. The number of hydrogen-bond donors (Lipinski definition) is 3. The number of carbonyl (C=O) groups is 3. The number of nitrogens with one attached hydrogen (secondary N) is 2. The molecule has 4 N–H and O–H groups in total. The van der Waals surface area contributed by atoms with E-state index in [4.69, 9.17) is 5.73 Å². The van der Waals surface area contributed by atoms with Gasteiger partial charge in [0.15, 0.2) is 0 Å². The quantitative estimate of drug-likeness (QED) is 0.586. The first-order valence-electron chi connectivity index (χ1n) is 9.75. The van der Waals surface area contributed by atoms with Crippen LogP contribution in [0.3, 0.4) is 0 Å². The van der Waals surface area contributed by atoms with Gasteiger partial charge < -0.3 is 20.9 Å². The average molecular weight is 407 g/mol. The lowest BCUT2D eigenvalue weighted by molar-refractivity contribution is -0.118. The Morgan fingerprint density at radius 2 is 2.00 bits per heavy atom. The van der Waals surface area contributed by atoms with E-state index in [1.54, 1.807) is 16.7 Å². The summed E-state index contributed by atoms with van der Waals surface area (Å²) in [6, 6.07) is 1.33. The van der Waals surface area contributed by atoms with Crippen LogP contribution in [0.25, 0.3) is 0 Å². The second kappa shape index (κ2) is 10.4. The van der Waals surface area contributed by atoms with Gasteiger partial charge >= 0.3 is 0 Å². The Balaban J connectivity index is 2.06. The number of amides is 3.